The minimum Gasteiger partial charge on any atom is -0.370 e. The average molecular weight is 257 g/mol. The van der Waals surface area contributed by atoms with Crippen LogP contribution in [0.2, 0.25) is 0 Å². The first-order valence-corrected chi connectivity index (χ1v) is 7.87. The van der Waals surface area contributed by atoms with Crippen LogP contribution in [0, 0.1) is 0 Å². The molecule has 1 aliphatic rings. The third-order valence-corrected chi connectivity index (χ3v) is 3.55. The smallest absolute Gasteiger partial charge is 0.258 e. The van der Waals surface area contributed by atoms with Gasteiger partial charge in [0.15, 0.2) is 8.03 Å². The lowest BCUT2D eigenvalue weighted by atomic mass is 10.2. The Morgan fingerprint density at radius 1 is 1.53 bits per heavy atom. The van der Waals surface area contributed by atoms with Crippen LogP contribution in [0.4, 0.5) is 0 Å². The molecule has 1 aliphatic heterocycles. The van der Waals surface area contributed by atoms with Crippen molar-refractivity contribution in [3.63, 3.8) is 0 Å². The Kier molecular flexibility index (Phi) is 5.47. The highest BCUT2D eigenvalue weighted by atomic mass is 31.1. The average Bonchev–Trinajstić information content (AvgIpc) is 2.13. The molecular formula is C7H17NO5P2. The summed E-state index contributed by atoms with van der Waals surface area (Å²) in [6.45, 7) is 4.35. The first-order chi connectivity index (χ1) is 6.99. The Morgan fingerprint density at radius 2 is 2.20 bits per heavy atom. The maximum Gasteiger partial charge on any atom is 0.258 e. The fourth-order valence-electron chi connectivity index (χ4n) is 1.50. The zero-order valence-electron chi connectivity index (χ0n) is 8.80. The van der Waals surface area contributed by atoms with E-state index < -0.39 is 16.2 Å². The van der Waals surface area contributed by atoms with Gasteiger partial charge >= 0.3 is 0 Å². The Bertz CT molecular complexity index is 262. The van der Waals surface area contributed by atoms with E-state index in [1.807, 2.05) is 6.92 Å². The highest BCUT2D eigenvalue weighted by Gasteiger charge is 2.27. The molecule has 0 radical (unpaired) electrons. The SMILES string of the molecule is CC1CN([PH](=O)O)CC(CO[PH](C)=O)O1. The Labute approximate surface area is 90.3 Å². The maximum atomic E-state index is 10.9. The molecule has 0 amide bonds. The minimum absolute atomic E-state index is 0.104. The number of rotatable bonds is 4. The zero-order valence-corrected chi connectivity index (χ0v) is 10.8. The van der Waals surface area contributed by atoms with Gasteiger partial charge in [0.1, 0.15) is 0 Å². The standard InChI is InChI=1S/C7H17NO5P2/c1-6-3-8(15(10)11)4-7(13-6)5-12-14(2)9/h6-7,14-15H,3-5H2,1-2H3,(H,10,11). The van der Waals surface area contributed by atoms with Crippen molar-refractivity contribution in [2.75, 3.05) is 26.4 Å². The third-order valence-electron chi connectivity index (χ3n) is 2.07. The largest absolute Gasteiger partial charge is 0.370 e. The van der Waals surface area contributed by atoms with E-state index in [0.29, 0.717) is 13.1 Å². The van der Waals surface area contributed by atoms with Crippen LogP contribution in [0.25, 0.3) is 0 Å². The zero-order chi connectivity index (χ0) is 11.4. The summed E-state index contributed by atoms with van der Waals surface area (Å²) in [5, 5.41) is 0. The second kappa shape index (κ2) is 6.14. The fourth-order valence-corrected chi connectivity index (χ4v) is 2.70. The van der Waals surface area contributed by atoms with Crippen LogP contribution in [-0.2, 0) is 18.4 Å². The molecule has 1 rings (SSSR count). The first kappa shape index (κ1) is 13.4. The van der Waals surface area contributed by atoms with Crippen LogP contribution in [0.15, 0.2) is 0 Å². The van der Waals surface area contributed by atoms with Gasteiger partial charge in [-0.05, 0) is 6.92 Å². The molecule has 0 aliphatic carbocycles. The van der Waals surface area contributed by atoms with E-state index in [9.17, 15) is 9.13 Å². The molecule has 0 aromatic rings. The van der Waals surface area contributed by atoms with Gasteiger partial charge in [0.05, 0.1) is 18.8 Å². The van der Waals surface area contributed by atoms with Crippen molar-refractivity contribution in [1.29, 1.82) is 0 Å². The summed E-state index contributed by atoms with van der Waals surface area (Å²) in [5.74, 6) is 0. The van der Waals surface area contributed by atoms with E-state index in [1.165, 1.54) is 11.3 Å². The lowest BCUT2D eigenvalue weighted by Crippen LogP contribution is -2.44. The highest BCUT2D eigenvalue weighted by Crippen LogP contribution is 2.27. The Balaban J connectivity index is 2.44. The first-order valence-electron chi connectivity index (χ1n) is 4.75. The molecule has 8 heteroatoms. The van der Waals surface area contributed by atoms with Gasteiger partial charge in [0.25, 0.3) is 8.18 Å². The Morgan fingerprint density at radius 3 is 2.73 bits per heavy atom. The summed E-state index contributed by atoms with van der Waals surface area (Å²) in [4.78, 5) is 9.01. The lowest BCUT2D eigenvalue weighted by molar-refractivity contribution is -0.0711. The summed E-state index contributed by atoms with van der Waals surface area (Å²) in [6, 6.07) is 0. The van der Waals surface area contributed by atoms with E-state index in [4.69, 9.17) is 14.2 Å². The van der Waals surface area contributed by atoms with E-state index in [2.05, 4.69) is 0 Å². The normalized spacial score (nSPS) is 32.5. The molecule has 1 saturated heterocycles. The number of hydrogen-bond donors (Lipinski definition) is 1. The molecule has 1 N–H and O–H groups in total. The van der Waals surface area contributed by atoms with Crippen LogP contribution < -0.4 is 0 Å². The molecule has 4 unspecified atom stereocenters. The van der Waals surface area contributed by atoms with E-state index >= 15 is 0 Å². The molecule has 1 fully saturated rings. The van der Waals surface area contributed by atoms with Crippen LogP contribution in [-0.4, -0.2) is 48.1 Å². The summed E-state index contributed by atoms with van der Waals surface area (Å²) in [6.07, 6.45) is -0.378. The van der Waals surface area contributed by atoms with Crippen molar-refractivity contribution in [3.05, 3.63) is 0 Å². The molecule has 15 heavy (non-hydrogen) atoms. The number of morpholine rings is 1. The molecule has 1 heterocycles. The van der Waals surface area contributed by atoms with Gasteiger partial charge in [0, 0.05) is 19.8 Å². The van der Waals surface area contributed by atoms with Gasteiger partial charge in [-0.2, -0.15) is 0 Å². The second-order valence-corrected chi connectivity index (χ2v) is 6.03. The highest BCUT2D eigenvalue weighted by molar-refractivity contribution is 7.38. The van der Waals surface area contributed by atoms with Gasteiger partial charge in [-0.15, -0.1) is 0 Å². The van der Waals surface area contributed by atoms with Crippen molar-refractivity contribution in [1.82, 2.24) is 4.67 Å². The van der Waals surface area contributed by atoms with Crippen LogP contribution in [0.1, 0.15) is 6.92 Å². The lowest BCUT2D eigenvalue weighted by Gasteiger charge is -2.34. The molecule has 0 spiro atoms. The van der Waals surface area contributed by atoms with Crippen molar-refractivity contribution < 1.29 is 23.3 Å². The minimum atomic E-state index is -2.66. The summed E-state index contributed by atoms with van der Waals surface area (Å²) in [5.41, 5.74) is 0. The van der Waals surface area contributed by atoms with E-state index in [0.717, 1.165) is 0 Å². The third kappa shape index (κ3) is 4.77. The van der Waals surface area contributed by atoms with Crippen molar-refractivity contribution in [2.45, 2.75) is 19.1 Å². The van der Waals surface area contributed by atoms with Gasteiger partial charge in [0.2, 0.25) is 0 Å². The van der Waals surface area contributed by atoms with E-state index in [-0.39, 0.29) is 18.8 Å². The predicted octanol–water partition coefficient (Wildman–Crippen LogP) is 0.579. The maximum absolute atomic E-state index is 10.9. The summed E-state index contributed by atoms with van der Waals surface area (Å²) < 4.78 is 33.7. The van der Waals surface area contributed by atoms with Gasteiger partial charge < -0.3 is 14.2 Å². The summed E-state index contributed by atoms with van der Waals surface area (Å²) in [7, 11) is -4.63. The molecular weight excluding hydrogens is 240 g/mol. The van der Waals surface area contributed by atoms with Crippen molar-refractivity contribution in [2.24, 2.45) is 0 Å². The molecule has 0 saturated carbocycles. The monoisotopic (exact) mass is 257 g/mol. The van der Waals surface area contributed by atoms with Gasteiger partial charge in [-0.25, -0.2) is 4.67 Å². The topological polar surface area (TPSA) is 76.1 Å². The molecule has 0 bridgehead atoms. The van der Waals surface area contributed by atoms with Crippen molar-refractivity contribution >= 4 is 16.2 Å². The quantitative estimate of drug-likeness (QED) is 0.742. The van der Waals surface area contributed by atoms with Gasteiger partial charge in [-0.3, -0.25) is 9.13 Å². The van der Waals surface area contributed by atoms with Crippen molar-refractivity contribution in [3.8, 4) is 0 Å². The second-order valence-electron chi connectivity index (χ2n) is 3.56. The van der Waals surface area contributed by atoms with Gasteiger partial charge in [-0.1, -0.05) is 0 Å². The molecule has 4 atom stereocenters. The number of hydrogen-bond acceptors (Lipinski definition) is 4. The molecule has 0 aromatic heterocycles. The van der Waals surface area contributed by atoms with Crippen LogP contribution >= 0.6 is 16.2 Å². The summed E-state index contributed by atoms with van der Waals surface area (Å²) >= 11 is 0. The molecule has 6 nitrogen and oxygen atoms in total. The van der Waals surface area contributed by atoms with Crippen LogP contribution in [0.5, 0.6) is 0 Å². The fraction of sp³-hybridized carbons (Fsp3) is 1.00. The Hall–Kier alpha value is 0.300. The van der Waals surface area contributed by atoms with Crippen LogP contribution in [0.3, 0.4) is 0 Å². The predicted molar refractivity (Wildman–Crippen MR) is 58.0 cm³/mol. The molecule has 90 valence electrons. The molecule has 0 aromatic carbocycles. The van der Waals surface area contributed by atoms with E-state index in [1.54, 1.807) is 0 Å². The number of ether oxygens (including phenoxy) is 1. The number of nitrogens with zero attached hydrogens (tertiary/aromatic N) is 1.